The molecule has 0 spiro atoms. The van der Waals surface area contributed by atoms with Crippen molar-refractivity contribution in [3.63, 3.8) is 0 Å². The van der Waals surface area contributed by atoms with Crippen LogP contribution in [0, 0.1) is 23.2 Å². The van der Waals surface area contributed by atoms with E-state index in [4.69, 9.17) is 4.98 Å². The lowest BCUT2D eigenvalue weighted by molar-refractivity contribution is -0.134. The van der Waals surface area contributed by atoms with Gasteiger partial charge in [-0.25, -0.2) is 4.98 Å². The van der Waals surface area contributed by atoms with Gasteiger partial charge in [-0.3, -0.25) is 19.8 Å². The van der Waals surface area contributed by atoms with Crippen molar-refractivity contribution in [3.05, 3.63) is 46.0 Å². The van der Waals surface area contributed by atoms with Crippen molar-refractivity contribution in [1.29, 1.82) is 0 Å². The zero-order chi connectivity index (χ0) is 28.9. The predicted molar refractivity (Wildman–Crippen MR) is 162 cm³/mol. The molecule has 6 rings (SSSR count). The zero-order valence-electron chi connectivity index (χ0n) is 24.9. The van der Waals surface area contributed by atoms with E-state index in [9.17, 15) is 14.7 Å². The van der Waals surface area contributed by atoms with Crippen LogP contribution in [0.2, 0.25) is 0 Å². The van der Waals surface area contributed by atoms with Gasteiger partial charge in [-0.05, 0) is 74.1 Å². The minimum absolute atomic E-state index is 0.0309. The Kier molecular flexibility index (Phi) is 8.00. The molecule has 8 nitrogen and oxygen atoms in total. The fourth-order valence-corrected chi connectivity index (χ4v) is 8.81. The number of piperazine rings is 1. The Morgan fingerprint density at radius 1 is 1.15 bits per heavy atom. The molecule has 222 valence electrons. The van der Waals surface area contributed by atoms with E-state index in [-0.39, 0.29) is 40.9 Å². The molecule has 2 heterocycles. The third kappa shape index (κ3) is 5.96. The van der Waals surface area contributed by atoms with Crippen molar-refractivity contribution >= 4 is 28.3 Å². The molecule has 1 aromatic heterocycles. The van der Waals surface area contributed by atoms with Crippen LogP contribution < -0.4 is 10.6 Å². The van der Waals surface area contributed by atoms with Crippen molar-refractivity contribution in [2.75, 3.05) is 38.5 Å². The number of amides is 2. The van der Waals surface area contributed by atoms with Crippen LogP contribution >= 0.6 is 11.3 Å². The van der Waals surface area contributed by atoms with Crippen LogP contribution in [0.25, 0.3) is 0 Å². The Bertz CT molecular complexity index is 1270. The molecule has 41 heavy (non-hydrogen) atoms. The van der Waals surface area contributed by atoms with Crippen molar-refractivity contribution in [2.45, 2.75) is 77.5 Å². The van der Waals surface area contributed by atoms with Gasteiger partial charge in [0.25, 0.3) is 5.91 Å². The van der Waals surface area contributed by atoms with Crippen LogP contribution in [0.4, 0.5) is 5.13 Å². The Labute approximate surface area is 247 Å². The summed E-state index contributed by atoms with van der Waals surface area (Å²) in [6.45, 7) is 11.6. The van der Waals surface area contributed by atoms with Gasteiger partial charge >= 0.3 is 0 Å². The summed E-state index contributed by atoms with van der Waals surface area (Å²) < 4.78 is 0. The molecule has 3 N–H and O–H groups in total. The van der Waals surface area contributed by atoms with Crippen LogP contribution in [-0.2, 0) is 17.8 Å². The van der Waals surface area contributed by atoms with Crippen LogP contribution in [0.15, 0.2) is 24.3 Å². The van der Waals surface area contributed by atoms with Gasteiger partial charge in [0.2, 0.25) is 5.91 Å². The van der Waals surface area contributed by atoms with Crippen LogP contribution in [0.3, 0.4) is 0 Å². The summed E-state index contributed by atoms with van der Waals surface area (Å²) in [6.07, 6.45) is 4.25. The molecule has 4 aliphatic rings. The summed E-state index contributed by atoms with van der Waals surface area (Å²) in [5.74, 6) is -0.237. The molecule has 1 aromatic carbocycles. The minimum Gasteiger partial charge on any atom is -0.392 e. The van der Waals surface area contributed by atoms with Crippen molar-refractivity contribution < 1.29 is 14.7 Å². The second-order valence-electron chi connectivity index (χ2n) is 13.5. The third-order valence-corrected chi connectivity index (χ3v) is 11.3. The van der Waals surface area contributed by atoms with E-state index >= 15 is 0 Å². The topological polar surface area (TPSA) is 97.8 Å². The Balaban J connectivity index is 1.11. The fraction of sp³-hybridized carbons (Fsp3) is 0.656. The molecule has 0 bridgehead atoms. The number of thiazole rings is 1. The Hall–Kier alpha value is -2.33. The van der Waals surface area contributed by atoms with Gasteiger partial charge < -0.3 is 15.3 Å². The maximum absolute atomic E-state index is 13.1. The normalized spacial score (nSPS) is 31.1. The lowest BCUT2D eigenvalue weighted by atomic mass is 9.53. The first kappa shape index (κ1) is 28.8. The fourth-order valence-electron chi connectivity index (χ4n) is 7.55. The highest BCUT2D eigenvalue weighted by molar-refractivity contribution is 7.15. The summed E-state index contributed by atoms with van der Waals surface area (Å²) in [5.41, 5.74) is 2.79. The van der Waals surface area contributed by atoms with Crippen molar-refractivity contribution in [3.8, 4) is 0 Å². The molecule has 9 heteroatoms. The number of aromatic nitrogens is 1. The number of rotatable bonds is 7. The van der Waals surface area contributed by atoms with E-state index in [1.807, 2.05) is 19.1 Å². The molecule has 3 aliphatic carbocycles. The third-order valence-electron chi connectivity index (χ3n) is 10.3. The van der Waals surface area contributed by atoms with Gasteiger partial charge in [0.15, 0.2) is 5.13 Å². The molecular formula is C32H45N5O3S. The van der Waals surface area contributed by atoms with E-state index < -0.39 is 6.10 Å². The number of anilines is 1. The van der Waals surface area contributed by atoms with Crippen LogP contribution in [0.5, 0.6) is 0 Å². The molecule has 1 saturated heterocycles. The number of carbonyl (C=O) groups is 2. The van der Waals surface area contributed by atoms with E-state index in [0.717, 1.165) is 70.5 Å². The molecule has 3 fully saturated rings. The molecule has 0 unspecified atom stereocenters. The summed E-state index contributed by atoms with van der Waals surface area (Å²) in [5, 5.41) is 18.5. The molecule has 2 amide bonds. The highest BCUT2D eigenvalue weighted by Crippen LogP contribution is 2.57. The standard InChI is InChI=1S/C32H45N5O3S/c1-19(29(39)33-23-9-10-23)24-11-12-32(3)17-25-27(20(2)26(32)28(24)38)34-31(41-25)35-30(40)22-7-5-21(6-8-22)18-37-15-13-36(4)14-16-37/h5-8,19-20,23-24,26,28,38H,9-18H2,1-4H3,(H,33,39)(H,34,35,40)/t19-,20-,24-,26+,28-,32+/m0/s1. The van der Waals surface area contributed by atoms with Gasteiger partial charge in [-0.2, -0.15) is 0 Å². The largest absolute Gasteiger partial charge is 0.392 e. The van der Waals surface area contributed by atoms with Crippen LogP contribution in [0.1, 0.15) is 78.9 Å². The first-order valence-electron chi connectivity index (χ1n) is 15.4. The average Bonchev–Trinajstić information content (AvgIpc) is 3.67. The maximum atomic E-state index is 13.1. The number of hydrogen-bond donors (Lipinski definition) is 3. The maximum Gasteiger partial charge on any atom is 0.257 e. The van der Waals surface area contributed by atoms with Gasteiger partial charge in [0.1, 0.15) is 0 Å². The SMILES string of the molecule is C[C@H](C(=O)NC1CC1)[C@@H]1CC[C@]2(C)Cc3sc(NC(=O)c4ccc(CN5CCN(C)CC5)cc4)nc3[C@@H](C)[C@@H]2[C@H]1O. The number of carbonyl (C=O) groups excluding carboxylic acids is 2. The number of aliphatic hydroxyl groups is 1. The summed E-state index contributed by atoms with van der Waals surface area (Å²) in [7, 11) is 2.16. The van der Waals surface area contributed by atoms with E-state index in [0.29, 0.717) is 16.7 Å². The van der Waals surface area contributed by atoms with Crippen molar-refractivity contribution in [1.82, 2.24) is 20.1 Å². The lowest BCUT2D eigenvalue weighted by Crippen LogP contribution is -2.53. The molecule has 2 aromatic rings. The number of aliphatic hydroxyl groups excluding tert-OH is 1. The van der Waals surface area contributed by atoms with E-state index in [1.54, 1.807) is 11.3 Å². The average molecular weight is 580 g/mol. The lowest BCUT2D eigenvalue weighted by Gasteiger charge is -2.53. The van der Waals surface area contributed by atoms with Gasteiger partial charge in [0, 0.05) is 61.0 Å². The second kappa shape index (κ2) is 11.4. The summed E-state index contributed by atoms with van der Waals surface area (Å²) in [4.78, 5) is 36.9. The number of likely N-dealkylation sites (N-methyl/N-ethyl adjacent to an activating group) is 1. The number of fused-ring (bicyclic) bond motifs is 2. The molecule has 2 saturated carbocycles. The number of nitrogens with one attached hydrogen (secondary N) is 2. The van der Waals surface area contributed by atoms with Crippen molar-refractivity contribution in [2.24, 2.45) is 23.2 Å². The quantitative estimate of drug-likeness (QED) is 0.457. The highest BCUT2D eigenvalue weighted by Gasteiger charge is 2.54. The molecule has 6 atom stereocenters. The Morgan fingerprint density at radius 2 is 1.85 bits per heavy atom. The van der Waals surface area contributed by atoms with E-state index in [2.05, 4.69) is 53.5 Å². The smallest absolute Gasteiger partial charge is 0.257 e. The summed E-state index contributed by atoms with van der Waals surface area (Å²) in [6, 6.07) is 8.25. The van der Waals surface area contributed by atoms with Gasteiger partial charge in [-0.1, -0.05) is 32.9 Å². The highest BCUT2D eigenvalue weighted by atomic mass is 32.1. The molecular weight excluding hydrogens is 534 g/mol. The minimum atomic E-state index is -0.555. The predicted octanol–water partition coefficient (Wildman–Crippen LogP) is 4.11. The summed E-state index contributed by atoms with van der Waals surface area (Å²) >= 11 is 1.57. The van der Waals surface area contributed by atoms with Crippen LogP contribution in [-0.4, -0.2) is 77.1 Å². The molecule has 0 radical (unpaired) electrons. The van der Waals surface area contributed by atoms with E-state index in [1.165, 1.54) is 10.4 Å². The van der Waals surface area contributed by atoms with Gasteiger partial charge in [0.05, 0.1) is 11.8 Å². The first-order valence-corrected chi connectivity index (χ1v) is 16.2. The second-order valence-corrected chi connectivity index (χ2v) is 14.6. The molecule has 1 aliphatic heterocycles. The number of nitrogens with zero attached hydrogens (tertiary/aromatic N) is 3. The zero-order valence-corrected chi connectivity index (χ0v) is 25.7. The van der Waals surface area contributed by atoms with Gasteiger partial charge in [-0.15, -0.1) is 11.3 Å². The number of benzene rings is 1. The first-order chi connectivity index (χ1) is 19.6. The number of hydrogen-bond acceptors (Lipinski definition) is 7. The monoisotopic (exact) mass is 579 g/mol. The Morgan fingerprint density at radius 3 is 2.54 bits per heavy atom.